The Morgan fingerprint density at radius 2 is 1.66 bits per heavy atom. The SMILES string of the molecule is Cc1ccc(CCNC(=O)CC(NC(=O)/C=C/c2ccc(O)c(O)c2)C(=O)OCc2ccccc2)cc1O. The molecule has 0 fully saturated rings. The summed E-state index contributed by atoms with van der Waals surface area (Å²) < 4.78 is 5.34. The summed E-state index contributed by atoms with van der Waals surface area (Å²) in [7, 11) is 0. The molecule has 0 aliphatic heterocycles. The molecular weight excluding hydrogens is 488 g/mol. The molecule has 9 heteroatoms. The number of hydrogen-bond donors (Lipinski definition) is 5. The molecule has 9 nitrogen and oxygen atoms in total. The van der Waals surface area contributed by atoms with Crippen molar-refractivity contribution >= 4 is 23.9 Å². The van der Waals surface area contributed by atoms with E-state index in [2.05, 4.69) is 10.6 Å². The van der Waals surface area contributed by atoms with Gasteiger partial charge in [0, 0.05) is 12.6 Å². The number of hydrogen-bond acceptors (Lipinski definition) is 7. The highest BCUT2D eigenvalue weighted by Gasteiger charge is 2.25. The van der Waals surface area contributed by atoms with E-state index < -0.39 is 23.8 Å². The fourth-order valence-corrected chi connectivity index (χ4v) is 3.47. The maximum Gasteiger partial charge on any atom is 0.329 e. The van der Waals surface area contributed by atoms with Crippen molar-refractivity contribution in [1.82, 2.24) is 10.6 Å². The first kappa shape index (κ1) is 27.8. The molecule has 0 saturated carbocycles. The molecule has 0 saturated heterocycles. The summed E-state index contributed by atoms with van der Waals surface area (Å²) in [6, 6.07) is 17.1. The highest BCUT2D eigenvalue weighted by Crippen LogP contribution is 2.25. The number of rotatable bonds is 11. The molecule has 0 radical (unpaired) electrons. The van der Waals surface area contributed by atoms with E-state index in [0.29, 0.717) is 12.0 Å². The monoisotopic (exact) mass is 518 g/mol. The smallest absolute Gasteiger partial charge is 0.329 e. The van der Waals surface area contributed by atoms with E-state index in [-0.39, 0.29) is 36.8 Å². The first-order valence-corrected chi connectivity index (χ1v) is 12.0. The Balaban J connectivity index is 1.60. The van der Waals surface area contributed by atoms with E-state index >= 15 is 0 Å². The largest absolute Gasteiger partial charge is 0.508 e. The summed E-state index contributed by atoms with van der Waals surface area (Å²) >= 11 is 0. The molecule has 1 unspecified atom stereocenters. The van der Waals surface area contributed by atoms with Crippen LogP contribution in [0.5, 0.6) is 17.2 Å². The second kappa shape index (κ2) is 13.5. The summed E-state index contributed by atoms with van der Waals surface area (Å²) in [4.78, 5) is 37.9. The third-order valence-corrected chi connectivity index (χ3v) is 5.65. The topological polar surface area (TPSA) is 145 Å². The lowest BCUT2D eigenvalue weighted by molar-refractivity contribution is -0.150. The molecule has 3 aromatic rings. The van der Waals surface area contributed by atoms with Crippen molar-refractivity contribution in [2.75, 3.05) is 6.54 Å². The van der Waals surface area contributed by atoms with E-state index in [1.807, 2.05) is 12.1 Å². The zero-order chi connectivity index (χ0) is 27.5. The van der Waals surface area contributed by atoms with Crippen LogP contribution >= 0.6 is 0 Å². The van der Waals surface area contributed by atoms with E-state index in [4.69, 9.17) is 4.74 Å². The lowest BCUT2D eigenvalue weighted by Crippen LogP contribution is -2.44. The zero-order valence-corrected chi connectivity index (χ0v) is 20.9. The molecular formula is C29H30N2O7. The van der Waals surface area contributed by atoms with E-state index in [0.717, 1.165) is 22.8 Å². The van der Waals surface area contributed by atoms with Gasteiger partial charge in [0.1, 0.15) is 18.4 Å². The zero-order valence-electron chi connectivity index (χ0n) is 20.9. The van der Waals surface area contributed by atoms with Crippen LogP contribution in [0.2, 0.25) is 0 Å². The van der Waals surface area contributed by atoms with Crippen LogP contribution in [-0.2, 0) is 32.1 Å². The summed E-state index contributed by atoms with van der Waals surface area (Å²) in [5.41, 5.74) is 2.79. The fraction of sp³-hybridized carbons (Fsp3) is 0.207. The van der Waals surface area contributed by atoms with Gasteiger partial charge in [-0.15, -0.1) is 0 Å². The number of esters is 1. The van der Waals surface area contributed by atoms with Crippen molar-refractivity contribution < 1.29 is 34.4 Å². The Bertz CT molecular complexity index is 1310. The van der Waals surface area contributed by atoms with Gasteiger partial charge in [0.25, 0.3) is 0 Å². The van der Waals surface area contributed by atoms with Gasteiger partial charge in [-0.1, -0.05) is 48.5 Å². The molecule has 2 amide bonds. The molecule has 3 rings (SSSR count). The van der Waals surface area contributed by atoms with Gasteiger partial charge in [0.2, 0.25) is 11.8 Å². The van der Waals surface area contributed by atoms with Crippen molar-refractivity contribution in [3.05, 3.63) is 95.1 Å². The number of carbonyl (C=O) groups excluding carboxylic acids is 3. The minimum absolute atomic E-state index is 0.0206. The predicted molar refractivity (Wildman–Crippen MR) is 141 cm³/mol. The Hall–Kier alpha value is -4.79. The minimum Gasteiger partial charge on any atom is -0.508 e. The molecule has 0 aromatic heterocycles. The number of ether oxygens (including phenoxy) is 1. The quantitative estimate of drug-likeness (QED) is 0.149. The van der Waals surface area contributed by atoms with Crippen LogP contribution in [0.4, 0.5) is 0 Å². The number of nitrogens with one attached hydrogen (secondary N) is 2. The summed E-state index contributed by atoms with van der Waals surface area (Å²) in [6.45, 7) is 2.04. The van der Waals surface area contributed by atoms with E-state index in [1.54, 1.807) is 43.3 Å². The van der Waals surface area contributed by atoms with Gasteiger partial charge in [-0.3, -0.25) is 9.59 Å². The molecule has 3 aromatic carbocycles. The van der Waals surface area contributed by atoms with Gasteiger partial charge in [-0.2, -0.15) is 0 Å². The predicted octanol–water partition coefficient (Wildman–Crippen LogP) is 3.10. The molecule has 5 N–H and O–H groups in total. The molecule has 38 heavy (non-hydrogen) atoms. The molecule has 0 bridgehead atoms. The molecule has 1 atom stereocenters. The number of amides is 2. The van der Waals surface area contributed by atoms with Crippen LogP contribution in [0.1, 0.15) is 28.7 Å². The maximum atomic E-state index is 12.8. The summed E-state index contributed by atoms with van der Waals surface area (Å²) in [5, 5.41) is 34.1. The van der Waals surface area contributed by atoms with Crippen LogP contribution < -0.4 is 10.6 Å². The number of carbonyl (C=O) groups is 3. The average molecular weight is 519 g/mol. The summed E-state index contributed by atoms with van der Waals surface area (Å²) in [6.07, 6.45) is 2.66. The van der Waals surface area contributed by atoms with Gasteiger partial charge in [-0.25, -0.2) is 4.79 Å². The Kier molecular flexibility index (Phi) is 9.87. The maximum absolute atomic E-state index is 12.8. The third-order valence-electron chi connectivity index (χ3n) is 5.65. The number of phenolic OH excluding ortho intramolecular Hbond substituents is 3. The van der Waals surface area contributed by atoms with Crippen LogP contribution in [0.15, 0.2) is 72.8 Å². The third kappa shape index (κ3) is 8.70. The Labute approximate surface area is 220 Å². The van der Waals surface area contributed by atoms with E-state index in [9.17, 15) is 29.7 Å². The van der Waals surface area contributed by atoms with E-state index in [1.165, 1.54) is 24.3 Å². The van der Waals surface area contributed by atoms with Gasteiger partial charge in [-0.05, 0) is 59.9 Å². The normalized spacial score (nSPS) is 11.6. The number of benzene rings is 3. The first-order chi connectivity index (χ1) is 18.2. The molecule has 0 spiro atoms. The Morgan fingerprint density at radius 1 is 0.895 bits per heavy atom. The van der Waals surface area contributed by atoms with Crippen LogP contribution in [-0.4, -0.2) is 45.7 Å². The van der Waals surface area contributed by atoms with Crippen molar-refractivity contribution in [2.24, 2.45) is 0 Å². The minimum atomic E-state index is -1.24. The fourth-order valence-electron chi connectivity index (χ4n) is 3.47. The van der Waals surface area contributed by atoms with Gasteiger partial charge in [0.15, 0.2) is 11.5 Å². The van der Waals surface area contributed by atoms with Crippen LogP contribution in [0.25, 0.3) is 6.08 Å². The molecule has 0 aliphatic rings. The number of phenols is 3. The molecule has 198 valence electrons. The van der Waals surface area contributed by atoms with Crippen molar-refractivity contribution in [3.8, 4) is 17.2 Å². The Morgan fingerprint density at radius 3 is 2.37 bits per heavy atom. The van der Waals surface area contributed by atoms with Crippen LogP contribution in [0, 0.1) is 6.92 Å². The van der Waals surface area contributed by atoms with Gasteiger partial charge >= 0.3 is 5.97 Å². The van der Waals surface area contributed by atoms with Crippen molar-refractivity contribution in [2.45, 2.75) is 32.4 Å². The van der Waals surface area contributed by atoms with Gasteiger partial charge < -0.3 is 30.7 Å². The number of aryl methyl sites for hydroxylation is 1. The second-order valence-electron chi connectivity index (χ2n) is 8.66. The summed E-state index contributed by atoms with van der Waals surface area (Å²) in [5.74, 6) is -2.34. The van der Waals surface area contributed by atoms with Crippen molar-refractivity contribution in [1.29, 1.82) is 0 Å². The second-order valence-corrected chi connectivity index (χ2v) is 8.66. The lowest BCUT2D eigenvalue weighted by atomic mass is 10.1. The highest BCUT2D eigenvalue weighted by atomic mass is 16.5. The first-order valence-electron chi connectivity index (χ1n) is 12.0. The van der Waals surface area contributed by atoms with Gasteiger partial charge in [0.05, 0.1) is 6.42 Å². The standard InChI is InChI=1S/C29H30N2O7/c1-19-7-8-21(15-25(19)33)13-14-30-28(36)17-23(29(37)38-18-22-5-3-2-4-6-22)31-27(35)12-10-20-9-11-24(32)26(34)16-20/h2-12,15-16,23,32-34H,13-14,17-18H2,1H3,(H,30,36)(H,31,35)/b12-10+. The molecule has 0 aliphatic carbocycles. The van der Waals surface area contributed by atoms with Crippen LogP contribution in [0.3, 0.4) is 0 Å². The average Bonchev–Trinajstić information content (AvgIpc) is 2.90. The lowest BCUT2D eigenvalue weighted by Gasteiger charge is -2.17. The molecule has 0 heterocycles. The van der Waals surface area contributed by atoms with Crippen molar-refractivity contribution in [3.63, 3.8) is 0 Å². The highest BCUT2D eigenvalue weighted by molar-refractivity contribution is 5.96. The number of aromatic hydroxyl groups is 3.